The third-order valence-corrected chi connectivity index (χ3v) is 3.52. The zero-order valence-electron chi connectivity index (χ0n) is 11.2. The molecular formula is C15H14ClN3O2. The number of pyridine rings is 1. The number of ether oxygens (including phenoxy) is 1. The van der Waals surface area contributed by atoms with Gasteiger partial charge in [-0.2, -0.15) is 0 Å². The molecule has 21 heavy (non-hydrogen) atoms. The highest BCUT2D eigenvalue weighted by molar-refractivity contribution is 6.33. The van der Waals surface area contributed by atoms with Gasteiger partial charge in [0.25, 0.3) is 0 Å². The van der Waals surface area contributed by atoms with Crippen LogP contribution < -0.4 is 10.1 Å². The Labute approximate surface area is 127 Å². The fourth-order valence-electron chi connectivity index (χ4n) is 2.04. The van der Waals surface area contributed by atoms with Gasteiger partial charge in [-0.15, -0.1) is 0 Å². The van der Waals surface area contributed by atoms with Gasteiger partial charge >= 0.3 is 6.03 Å². The van der Waals surface area contributed by atoms with Crippen molar-refractivity contribution in [2.75, 3.05) is 18.4 Å². The molecule has 0 radical (unpaired) electrons. The van der Waals surface area contributed by atoms with Crippen LogP contribution in [0.4, 0.5) is 10.5 Å². The molecule has 0 spiro atoms. The highest BCUT2D eigenvalue weighted by Gasteiger charge is 2.32. The number of benzene rings is 1. The summed E-state index contributed by atoms with van der Waals surface area (Å²) in [5, 5.41) is 3.31. The van der Waals surface area contributed by atoms with Crippen LogP contribution in [0.3, 0.4) is 0 Å². The molecule has 5 nitrogen and oxygen atoms in total. The van der Waals surface area contributed by atoms with Crippen molar-refractivity contribution in [2.45, 2.75) is 6.10 Å². The SMILES string of the molecule is O=C(Nc1ccccc1Cl)N1CC(Oc2cccnc2)C1. The van der Waals surface area contributed by atoms with Gasteiger partial charge in [-0.3, -0.25) is 4.98 Å². The topological polar surface area (TPSA) is 54.5 Å². The maximum absolute atomic E-state index is 12.0. The van der Waals surface area contributed by atoms with Crippen LogP contribution in [0.2, 0.25) is 5.02 Å². The number of likely N-dealkylation sites (tertiary alicyclic amines) is 1. The molecule has 3 rings (SSSR count). The fraction of sp³-hybridized carbons (Fsp3) is 0.200. The lowest BCUT2D eigenvalue weighted by molar-refractivity contribution is 0.0490. The van der Waals surface area contributed by atoms with E-state index in [9.17, 15) is 4.79 Å². The highest BCUT2D eigenvalue weighted by Crippen LogP contribution is 2.22. The first-order valence-corrected chi connectivity index (χ1v) is 6.97. The molecule has 0 atom stereocenters. The van der Waals surface area contributed by atoms with Gasteiger partial charge in [0.15, 0.2) is 0 Å². The first-order valence-electron chi connectivity index (χ1n) is 6.59. The zero-order chi connectivity index (χ0) is 14.7. The number of rotatable bonds is 3. The molecule has 0 saturated carbocycles. The molecule has 1 fully saturated rings. The van der Waals surface area contributed by atoms with E-state index in [1.165, 1.54) is 0 Å². The van der Waals surface area contributed by atoms with Gasteiger partial charge in [-0.25, -0.2) is 4.79 Å². The molecule has 2 heterocycles. The van der Waals surface area contributed by atoms with Crippen LogP contribution >= 0.6 is 11.6 Å². The molecule has 1 aromatic heterocycles. The maximum Gasteiger partial charge on any atom is 0.322 e. The highest BCUT2D eigenvalue weighted by atomic mass is 35.5. The number of anilines is 1. The summed E-state index contributed by atoms with van der Waals surface area (Å²) < 4.78 is 5.69. The summed E-state index contributed by atoms with van der Waals surface area (Å²) in [4.78, 5) is 17.7. The van der Waals surface area contributed by atoms with Gasteiger partial charge in [-0.05, 0) is 24.3 Å². The van der Waals surface area contributed by atoms with E-state index in [4.69, 9.17) is 16.3 Å². The van der Waals surface area contributed by atoms with Gasteiger partial charge < -0.3 is 15.0 Å². The molecular weight excluding hydrogens is 290 g/mol. The summed E-state index contributed by atoms with van der Waals surface area (Å²) in [6, 6.07) is 10.6. The summed E-state index contributed by atoms with van der Waals surface area (Å²) in [6.45, 7) is 1.09. The van der Waals surface area contributed by atoms with Crippen molar-refractivity contribution in [3.8, 4) is 5.75 Å². The molecule has 1 aliphatic rings. The molecule has 108 valence electrons. The minimum absolute atomic E-state index is 0.00574. The Bertz CT molecular complexity index is 630. The van der Waals surface area contributed by atoms with E-state index < -0.39 is 0 Å². The van der Waals surface area contributed by atoms with Crippen LogP contribution in [0.25, 0.3) is 0 Å². The molecule has 0 bridgehead atoms. The number of nitrogens with one attached hydrogen (secondary N) is 1. The quantitative estimate of drug-likeness (QED) is 0.948. The van der Waals surface area contributed by atoms with Crippen LogP contribution in [0.15, 0.2) is 48.8 Å². The molecule has 1 saturated heterocycles. The number of carbonyl (C=O) groups excluding carboxylic acids is 1. The first kappa shape index (κ1) is 13.7. The molecule has 6 heteroatoms. The van der Waals surface area contributed by atoms with Crippen LogP contribution in [0.5, 0.6) is 5.75 Å². The molecule has 1 aromatic carbocycles. The third kappa shape index (κ3) is 3.25. The number of urea groups is 1. The predicted octanol–water partition coefficient (Wildman–Crippen LogP) is 3.03. The van der Waals surface area contributed by atoms with Crippen LogP contribution in [-0.2, 0) is 0 Å². The van der Waals surface area contributed by atoms with Gasteiger partial charge in [0.05, 0.1) is 30.0 Å². The smallest absolute Gasteiger partial charge is 0.322 e. The van der Waals surface area contributed by atoms with Crippen molar-refractivity contribution >= 4 is 23.3 Å². The average Bonchev–Trinajstić information content (AvgIpc) is 2.46. The standard InChI is InChI=1S/C15H14ClN3O2/c16-13-5-1-2-6-14(13)18-15(20)19-9-12(10-19)21-11-4-3-7-17-8-11/h1-8,12H,9-10H2,(H,18,20). The molecule has 0 unspecified atom stereocenters. The lowest BCUT2D eigenvalue weighted by atomic mass is 10.2. The average molecular weight is 304 g/mol. The van der Waals surface area contributed by atoms with Gasteiger partial charge in [0.1, 0.15) is 11.9 Å². The summed E-state index contributed by atoms with van der Waals surface area (Å²) in [7, 11) is 0. The largest absolute Gasteiger partial charge is 0.485 e. The number of amides is 2. The van der Waals surface area contributed by atoms with Crippen molar-refractivity contribution in [3.05, 3.63) is 53.8 Å². The molecule has 0 aliphatic carbocycles. The van der Waals surface area contributed by atoms with Crippen molar-refractivity contribution < 1.29 is 9.53 Å². The van der Waals surface area contributed by atoms with E-state index in [2.05, 4.69) is 10.3 Å². The van der Waals surface area contributed by atoms with Crippen molar-refractivity contribution in [3.63, 3.8) is 0 Å². The summed E-state index contributed by atoms with van der Waals surface area (Å²) in [5.74, 6) is 0.716. The second-order valence-electron chi connectivity index (χ2n) is 4.74. The number of halogens is 1. The van der Waals surface area contributed by atoms with E-state index in [-0.39, 0.29) is 12.1 Å². The normalized spacial score (nSPS) is 14.4. The number of nitrogens with zero attached hydrogens (tertiary/aromatic N) is 2. The Kier molecular flexibility index (Phi) is 3.92. The monoisotopic (exact) mass is 303 g/mol. The van der Waals surface area contributed by atoms with E-state index in [1.807, 2.05) is 24.3 Å². The van der Waals surface area contributed by atoms with Crippen molar-refractivity contribution in [1.29, 1.82) is 0 Å². The molecule has 1 N–H and O–H groups in total. The second-order valence-corrected chi connectivity index (χ2v) is 5.15. The Hall–Kier alpha value is -2.27. The molecule has 1 aliphatic heterocycles. The van der Waals surface area contributed by atoms with Gasteiger partial charge in [0.2, 0.25) is 0 Å². The molecule has 2 amide bonds. The third-order valence-electron chi connectivity index (χ3n) is 3.19. The number of carbonyl (C=O) groups is 1. The number of hydrogen-bond acceptors (Lipinski definition) is 3. The van der Waals surface area contributed by atoms with E-state index in [1.54, 1.807) is 29.4 Å². The zero-order valence-corrected chi connectivity index (χ0v) is 12.0. The van der Waals surface area contributed by atoms with Crippen molar-refractivity contribution in [2.24, 2.45) is 0 Å². The van der Waals surface area contributed by atoms with Crippen molar-refractivity contribution in [1.82, 2.24) is 9.88 Å². The predicted molar refractivity (Wildman–Crippen MR) is 80.7 cm³/mol. The van der Waals surface area contributed by atoms with E-state index in [0.29, 0.717) is 29.5 Å². The summed E-state index contributed by atoms with van der Waals surface area (Å²) in [5.41, 5.74) is 0.612. The first-order chi connectivity index (χ1) is 10.2. The van der Waals surface area contributed by atoms with Gasteiger partial charge in [0, 0.05) is 6.20 Å². The second kappa shape index (κ2) is 6.01. The van der Waals surface area contributed by atoms with Gasteiger partial charge in [-0.1, -0.05) is 23.7 Å². The van der Waals surface area contributed by atoms with Crippen LogP contribution in [0.1, 0.15) is 0 Å². The van der Waals surface area contributed by atoms with E-state index in [0.717, 1.165) is 0 Å². The lowest BCUT2D eigenvalue weighted by Crippen LogP contribution is -2.57. The fourth-order valence-corrected chi connectivity index (χ4v) is 2.23. The Morgan fingerprint density at radius 3 is 2.81 bits per heavy atom. The maximum atomic E-state index is 12.0. The number of hydrogen-bond donors (Lipinski definition) is 1. The van der Waals surface area contributed by atoms with Crippen LogP contribution in [0, 0.1) is 0 Å². The summed E-state index contributed by atoms with van der Waals surface area (Å²) >= 11 is 6.01. The van der Waals surface area contributed by atoms with E-state index >= 15 is 0 Å². The Balaban J connectivity index is 1.50. The minimum atomic E-state index is -0.172. The number of aromatic nitrogens is 1. The number of para-hydroxylation sites is 1. The lowest BCUT2D eigenvalue weighted by Gasteiger charge is -2.38. The van der Waals surface area contributed by atoms with Crippen LogP contribution in [-0.4, -0.2) is 35.1 Å². The Morgan fingerprint density at radius 2 is 2.10 bits per heavy atom. The molecule has 2 aromatic rings. The summed E-state index contributed by atoms with van der Waals surface area (Å²) in [6.07, 6.45) is 3.36. The minimum Gasteiger partial charge on any atom is -0.485 e. The Morgan fingerprint density at radius 1 is 1.29 bits per heavy atom.